The smallest absolute Gasteiger partial charge is 0.223 e. The second-order valence-electron chi connectivity index (χ2n) is 10.8. The summed E-state index contributed by atoms with van der Waals surface area (Å²) in [5.74, 6) is 1.30. The van der Waals surface area contributed by atoms with Crippen LogP contribution in [-0.2, 0) is 28.9 Å². The molecule has 2 amide bonds. The topological polar surface area (TPSA) is 74.4 Å². The fourth-order valence-electron chi connectivity index (χ4n) is 6.90. The molecule has 6 nitrogen and oxygen atoms in total. The van der Waals surface area contributed by atoms with E-state index in [1.807, 2.05) is 30.5 Å². The zero-order valence-electron chi connectivity index (χ0n) is 21.0. The number of ether oxygens (including phenoxy) is 1. The number of para-hydroxylation sites is 1. The summed E-state index contributed by atoms with van der Waals surface area (Å²) in [7, 11) is 1.70. The molecular formula is C30H35N3O3. The molecular weight excluding hydrogens is 450 g/mol. The maximum Gasteiger partial charge on any atom is 0.223 e. The number of amides is 2. The number of aromatic nitrogens is 1. The first-order valence-corrected chi connectivity index (χ1v) is 13.4. The van der Waals surface area contributed by atoms with Crippen molar-refractivity contribution < 1.29 is 14.3 Å². The van der Waals surface area contributed by atoms with E-state index in [1.54, 1.807) is 7.11 Å². The van der Waals surface area contributed by atoms with E-state index in [0.29, 0.717) is 6.42 Å². The number of fused-ring (bicyclic) bond motifs is 4. The summed E-state index contributed by atoms with van der Waals surface area (Å²) in [6, 6.07) is 15.1. The van der Waals surface area contributed by atoms with Crippen molar-refractivity contribution in [3.63, 3.8) is 0 Å². The number of benzene rings is 2. The van der Waals surface area contributed by atoms with Gasteiger partial charge in [-0.3, -0.25) is 9.59 Å². The molecule has 2 aromatic carbocycles. The minimum absolute atomic E-state index is 0.0118. The average Bonchev–Trinajstić information content (AvgIpc) is 3.44. The molecule has 3 unspecified atom stereocenters. The van der Waals surface area contributed by atoms with E-state index in [0.717, 1.165) is 62.6 Å². The Morgan fingerprint density at radius 3 is 2.67 bits per heavy atom. The third-order valence-electron chi connectivity index (χ3n) is 8.68. The summed E-state index contributed by atoms with van der Waals surface area (Å²) in [4.78, 5) is 32.0. The lowest BCUT2D eigenvalue weighted by Crippen LogP contribution is -2.53. The number of hydrogen-bond acceptors (Lipinski definition) is 3. The molecule has 2 N–H and O–H groups in total. The van der Waals surface area contributed by atoms with Crippen LogP contribution in [0.2, 0.25) is 0 Å². The van der Waals surface area contributed by atoms with Crippen LogP contribution < -0.4 is 10.1 Å². The Labute approximate surface area is 212 Å². The predicted molar refractivity (Wildman–Crippen MR) is 140 cm³/mol. The van der Waals surface area contributed by atoms with Crippen LogP contribution in [0.1, 0.15) is 55.2 Å². The van der Waals surface area contributed by atoms with Crippen molar-refractivity contribution in [3.8, 4) is 5.75 Å². The standard InChI is InChI=1S/C30H35N3O3/c1-36-28-8-4-5-19-9-10-20(15-26(19)28)30(35)32-22-16-23-12-13-24(17-22)33(23)29(34)14-11-21-18-31-27-7-3-2-6-25(21)27/h2-8,18,20,22-24,31H,9-17H2,1H3,(H,32,35). The molecule has 3 aromatic rings. The molecule has 36 heavy (non-hydrogen) atoms. The van der Waals surface area contributed by atoms with Crippen LogP contribution in [0.5, 0.6) is 5.75 Å². The summed E-state index contributed by atoms with van der Waals surface area (Å²) in [6.07, 6.45) is 9.69. The van der Waals surface area contributed by atoms with Crippen LogP contribution in [0.4, 0.5) is 0 Å². The van der Waals surface area contributed by atoms with Gasteiger partial charge in [0.05, 0.1) is 7.11 Å². The lowest BCUT2D eigenvalue weighted by atomic mass is 9.82. The molecule has 1 aromatic heterocycles. The second-order valence-corrected chi connectivity index (χ2v) is 10.8. The zero-order valence-corrected chi connectivity index (χ0v) is 21.0. The van der Waals surface area contributed by atoms with Crippen molar-refractivity contribution in [1.29, 1.82) is 0 Å². The number of nitrogens with zero attached hydrogens (tertiary/aromatic N) is 1. The Balaban J connectivity index is 1.05. The average molecular weight is 486 g/mol. The van der Waals surface area contributed by atoms with Crippen LogP contribution in [-0.4, -0.2) is 46.9 Å². The number of methoxy groups -OCH3 is 1. The van der Waals surface area contributed by atoms with Crippen LogP contribution in [0, 0.1) is 5.92 Å². The first-order chi connectivity index (χ1) is 17.6. The SMILES string of the molecule is COc1cccc2c1CC(C(=O)NC1CC3CCC(C1)N3C(=O)CCc1c[nH]c3ccccc13)CC2. The molecule has 188 valence electrons. The number of carbonyl (C=O) groups excluding carboxylic acids is 2. The van der Waals surface area contributed by atoms with Crippen molar-refractivity contribution in [1.82, 2.24) is 15.2 Å². The molecule has 1 aliphatic carbocycles. The number of hydrogen-bond donors (Lipinski definition) is 2. The van der Waals surface area contributed by atoms with E-state index in [-0.39, 0.29) is 35.9 Å². The largest absolute Gasteiger partial charge is 0.496 e. The van der Waals surface area contributed by atoms with Gasteiger partial charge in [0.25, 0.3) is 0 Å². The molecule has 2 saturated heterocycles. The monoisotopic (exact) mass is 485 g/mol. The van der Waals surface area contributed by atoms with Crippen molar-refractivity contribution in [2.24, 2.45) is 5.92 Å². The van der Waals surface area contributed by atoms with Gasteiger partial charge in [0, 0.05) is 47.6 Å². The van der Waals surface area contributed by atoms with E-state index in [4.69, 9.17) is 4.74 Å². The molecule has 6 rings (SSSR count). The maximum absolute atomic E-state index is 13.3. The molecule has 3 atom stereocenters. The van der Waals surface area contributed by atoms with E-state index in [1.165, 1.54) is 22.1 Å². The van der Waals surface area contributed by atoms with Crippen molar-refractivity contribution in [2.45, 2.75) is 75.9 Å². The molecule has 6 heteroatoms. The summed E-state index contributed by atoms with van der Waals surface area (Å²) in [5.41, 5.74) is 4.81. The van der Waals surface area contributed by atoms with Crippen LogP contribution >= 0.6 is 0 Å². The van der Waals surface area contributed by atoms with Gasteiger partial charge in [-0.05, 0) is 80.2 Å². The number of rotatable bonds is 6. The molecule has 0 radical (unpaired) electrons. The second kappa shape index (κ2) is 9.64. The van der Waals surface area contributed by atoms with Crippen molar-refractivity contribution >= 4 is 22.7 Å². The fraction of sp³-hybridized carbons (Fsp3) is 0.467. The Hall–Kier alpha value is -3.28. The Kier molecular flexibility index (Phi) is 6.20. The minimum atomic E-state index is -0.0118. The van der Waals surface area contributed by atoms with Crippen molar-refractivity contribution in [2.75, 3.05) is 7.11 Å². The number of H-pyrrole nitrogens is 1. The number of aromatic amines is 1. The van der Waals surface area contributed by atoms with Crippen LogP contribution in [0.25, 0.3) is 10.9 Å². The van der Waals surface area contributed by atoms with E-state index < -0.39 is 0 Å². The molecule has 0 saturated carbocycles. The van der Waals surface area contributed by atoms with E-state index >= 15 is 0 Å². The predicted octanol–water partition coefficient (Wildman–Crippen LogP) is 4.55. The summed E-state index contributed by atoms with van der Waals surface area (Å²) in [5, 5.41) is 4.58. The Morgan fingerprint density at radius 2 is 1.86 bits per heavy atom. The highest BCUT2D eigenvalue weighted by Crippen LogP contribution is 2.37. The third-order valence-corrected chi connectivity index (χ3v) is 8.68. The van der Waals surface area contributed by atoms with Gasteiger partial charge in [0.2, 0.25) is 11.8 Å². The highest BCUT2D eigenvalue weighted by atomic mass is 16.5. The van der Waals surface area contributed by atoms with Crippen LogP contribution in [0.3, 0.4) is 0 Å². The molecule has 2 fully saturated rings. The third kappa shape index (κ3) is 4.27. The molecule has 3 heterocycles. The minimum Gasteiger partial charge on any atom is -0.496 e. The number of aryl methyl sites for hydroxylation is 2. The van der Waals surface area contributed by atoms with Gasteiger partial charge in [-0.1, -0.05) is 30.3 Å². The quantitative estimate of drug-likeness (QED) is 0.538. The first kappa shape index (κ1) is 23.1. The summed E-state index contributed by atoms with van der Waals surface area (Å²) in [6.45, 7) is 0. The van der Waals surface area contributed by atoms with E-state index in [2.05, 4.69) is 33.4 Å². The van der Waals surface area contributed by atoms with Gasteiger partial charge < -0.3 is 19.9 Å². The fourth-order valence-corrected chi connectivity index (χ4v) is 6.90. The summed E-state index contributed by atoms with van der Waals surface area (Å²) < 4.78 is 5.55. The van der Waals surface area contributed by atoms with E-state index in [9.17, 15) is 9.59 Å². The maximum atomic E-state index is 13.3. The molecule has 3 aliphatic rings. The number of piperidine rings is 1. The van der Waals surface area contributed by atoms with Crippen LogP contribution in [0.15, 0.2) is 48.7 Å². The Bertz CT molecular complexity index is 1250. The van der Waals surface area contributed by atoms with Gasteiger partial charge >= 0.3 is 0 Å². The summed E-state index contributed by atoms with van der Waals surface area (Å²) >= 11 is 0. The number of nitrogens with one attached hydrogen (secondary N) is 2. The van der Waals surface area contributed by atoms with Gasteiger partial charge in [0.1, 0.15) is 5.75 Å². The normalized spacial score (nSPS) is 25.0. The molecule has 0 spiro atoms. The lowest BCUT2D eigenvalue weighted by Gasteiger charge is -2.40. The number of carbonyl (C=O) groups is 2. The highest BCUT2D eigenvalue weighted by molar-refractivity contribution is 5.84. The molecule has 2 aliphatic heterocycles. The van der Waals surface area contributed by atoms with Gasteiger partial charge in [-0.15, -0.1) is 0 Å². The lowest BCUT2D eigenvalue weighted by molar-refractivity contribution is -0.136. The highest BCUT2D eigenvalue weighted by Gasteiger charge is 2.43. The van der Waals surface area contributed by atoms with Crippen molar-refractivity contribution in [3.05, 3.63) is 65.4 Å². The van der Waals surface area contributed by atoms with Gasteiger partial charge in [0.15, 0.2) is 0 Å². The zero-order chi connectivity index (χ0) is 24.6. The molecule has 2 bridgehead atoms. The van der Waals surface area contributed by atoms with Gasteiger partial charge in [-0.25, -0.2) is 0 Å². The first-order valence-electron chi connectivity index (χ1n) is 13.4. The Morgan fingerprint density at radius 1 is 1.06 bits per heavy atom. The van der Waals surface area contributed by atoms with Gasteiger partial charge in [-0.2, -0.15) is 0 Å².